The molecule has 1 aromatic carbocycles. The van der Waals surface area contributed by atoms with E-state index in [4.69, 9.17) is 10.8 Å². The molecule has 0 aliphatic heterocycles. The van der Waals surface area contributed by atoms with Gasteiger partial charge in [-0.3, -0.25) is 4.98 Å². The van der Waals surface area contributed by atoms with E-state index in [0.29, 0.717) is 5.69 Å². The Kier molecular flexibility index (Phi) is 2.55. The van der Waals surface area contributed by atoms with Crippen LogP contribution >= 0.6 is 0 Å². The minimum absolute atomic E-state index is 0.0776. The number of anilines is 1. The Balaban J connectivity index is 2.52. The number of carboxylic acid groups (broad SMARTS) is 1. The van der Waals surface area contributed by atoms with Crippen molar-refractivity contribution in [2.75, 3.05) is 5.73 Å². The summed E-state index contributed by atoms with van der Waals surface area (Å²) in [4.78, 5) is 15.0. The van der Waals surface area contributed by atoms with Crippen LogP contribution in [0.25, 0.3) is 11.3 Å². The molecule has 4 nitrogen and oxygen atoms in total. The molecular formula is C12H10N2O2. The van der Waals surface area contributed by atoms with Crippen LogP contribution in [0.3, 0.4) is 0 Å². The van der Waals surface area contributed by atoms with Crippen LogP contribution in [0.4, 0.5) is 5.69 Å². The van der Waals surface area contributed by atoms with Gasteiger partial charge in [0, 0.05) is 5.56 Å². The quantitative estimate of drug-likeness (QED) is 0.801. The van der Waals surface area contributed by atoms with Gasteiger partial charge in [0.2, 0.25) is 0 Å². The summed E-state index contributed by atoms with van der Waals surface area (Å²) in [5, 5.41) is 8.93. The van der Waals surface area contributed by atoms with E-state index < -0.39 is 5.97 Å². The highest BCUT2D eigenvalue weighted by Gasteiger charge is 2.10. The van der Waals surface area contributed by atoms with Crippen molar-refractivity contribution in [3.63, 3.8) is 0 Å². The van der Waals surface area contributed by atoms with E-state index in [9.17, 15) is 4.79 Å². The fraction of sp³-hybridized carbons (Fsp3) is 0. The SMILES string of the molecule is Nc1cnc(-c2ccccc2)cc1C(=O)O. The first-order valence-electron chi connectivity index (χ1n) is 4.72. The van der Waals surface area contributed by atoms with Gasteiger partial charge in [-0.25, -0.2) is 4.79 Å². The third-order valence-corrected chi connectivity index (χ3v) is 2.23. The summed E-state index contributed by atoms with van der Waals surface area (Å²) in [6.45, 7) is 0. The molecule has 0 bridgehead atoms. The molecule has 0 saturated heterocycles. The minimum atomic E-state index is -1.04. The number of pyridine rings is 1. The van der Waals surface area contributed by atoms with Crippen LogP contribution < -0.4 is 5.73 Å². The summed E-state index contributed by atoms with van der Waals surface area (Å²) in [5.41, 5.74) is 7.25. The summed E-state index contributed by atoms with van der Waals surface area (Å²) >= 11 is 0. The van der Waals surface area contributed by atoms with Crippen LogP contribution in [-0.4, -0.2) is 16.1 Å². The van der Waals surface area contributed by atoms with E-state index in [1.807, 2.05) is 30.3 Å². The van der Waals surface area contributed by atoms with Crippen LogP contribution in [0.5, 0.6) is 0 Å². The van der Waals surface area contributed by atoms with Gasteiger partial charge in [0.05, 0.1) is 23.1 Å². The zero-order valence-electron chi connectivity index (χ0n) is 8.42. The molecule has 1 heterocycles. The van der Waals surface area contributed by atoms with E-state index >= 15 is 0 Å². The second-order valence-corrected chi connectivity index (χ2v) is 3.33. The van der Waals surface area contributed by atoms with Gasteiger partial charge in [0.15, 0.2) is 0 Å². The number of aromatic carboxylic acids is 1. The average molecular weight is 214 g/mol. The van der Waals surface area contributed by atoms with Crippen molar-refractivity contribution in [1.29, 1.82) is 0 Å². The van der Waals surface area contributed by atoms with Crippen LogP contribution in [0.2, 0.25) is 0 Å². The fourth-order valence-corrected chi connectivity index (χ4v) is 1.42. The Morgan fingerprint density at radius 3 is 2.56 bits per heavy atom. The third-order valence-electron chi connectivity index (χ3n) is 2.23. The zero-order valence-corrected chi connectivity index (χ0v) is 8.42. The molecule has 16 heavy (non-hydrogen) atoms. The van der Waals surface area contributed by atoms with Crippen molar-refractivity contribution in [1.82, 2.24) is 4.98 Å². The van der Waals surface area contributed by atoms with Gasteiger partial charge in [0.25, 0.3) is 0 Å². The normalized spacial score (nSPS) is 10.0. The van der Waals surface area contributed by atoms with Crippen molar-refractivity contribution in [2.45, 2.75) is 0 Å². The smallest absolute Gasteiger partial charge is 0.337 e. The van der Waals surface area contributed by atoms with Crippen LogP contribution in [0.15, 0.2) is 42.6 Å². The summed E-state index contributed by atoms with van der Waals surface area (Å²) in [6, 6.07) is 10.8. The second-order valence-electron chi connectivity index (χ2n) is 3.33. The Morgan fingerprint density at radius 1 is 1.25 bits per heavy atom. The highest BCUT2D eigenvalue weighted by atomic mass is 16.4. The maximum Gasteiger partial charge on any atom is 0.337 e. The number of rotatable bonds is 2. The second kappa shape index (κ2) is 4.02. The van der Waals surface area contributed by atoms with E-state index in [0.717, 1.165) is 5.56 Å². The highest BCUT2D eigenvalue weighted by molar-refractivity contribution is 5.94. The largest absolute Gasteiger partial charge is 0.478 e. The number of carboxylic acids is 1. The molecule has 0 aliphatic rings. The minimum Gasteiger partial charge on any atom is -0.478 e. The van der Waals surface area contributed by atoms with Gasteiger partial charge in [-0.1, -0.05) is 30.3 Å². The monoisotopic (exact) mass is 214 g/mol. The Labute approximate surface area is 92.4 Å². The third kappa shape index (κ3) is 1.86. The molecule has 2 aromatic rings. The number of nitrogens with two attached hydrogens (primary N) is 1. The molecule has 0 spiro atoms. The van der Waals surface area contributed by atoms with Gasteiger partial charge < -0.3 is 10.8 Å². The molecule has 1 aromatic heterocycles. The van der Waals surface area contributed by atoms with Crippen molar-refractivity contribution in [3.05, 3.63) is 48.2 Å². The first-order valence-corrected chi connectivity index (χ1v) is 4.72. The Hall–Kier alpha value is -2.36. The van der Waals surface area contributed by atoms with Crippen LogP contribution in [0.1, 0.15) is 10.4 Å². The van der Waals surface area contributed by atoms with Gasteiger partial charge >= 0.3 is 5.97 Å². The number of nitrogen functional groups attached to an aromatic ring is 1. The lowest BCUT2D eigenvalue weighted by Gasteiger charge is -2.04. The lowest BCUT2D eigenvalue weighted by Crippen LogP contribution is -2.03. The van der Waals surface area contributed by atoms with E-state index in [1.54, 1.807) is 0 Å². The summed E-state index contributed by atoms with van der Waals surface area (Å²) < 4.78 is 0. The molecule has 80 valence electrons. The van der Waals surface area contributed by atoms with Crippen LogP contribution in [0, 0.1) is 0 Å². The number of benzene rings is 1. The van der Waals surface area contributed by atoms with Crippen molar-refractivity contribution >= 4 is 11.7 Å². The van der Waals surface area contributed by atoms with E-state index in [-0.39, 0.29) is 11.3 Å². The zero-order chi connectivity index (χ0) is 11.5. The van der Waals surface area contributed by atoms with Gasteiger partial charge in [0.1, 0.15) is 0 Å². The first-order chi connectivity index (χ1) is 7.68. The maximum absolute atomic E-state index is 10.9. The molecule has 3 N–H and O–H groups in total. The topological polar surface area (TPSA) is 76.2 Å². The van der Waals surface area contributed by atoms with Gasteiger partial charge in [-0.2, -0.15) is 0 Å². The highest BCUT2D eigenvalue weighted by Crippen LogP contribution is 2.20. The molecule has 0 unspecified atom stereocenters. The summed E-state index contributed by atoms with van der Waals surface area (Å²) in [7, 11) is 0. The maximum atomic E-state index is 10.9. The van der Waals surface area contributed by atoms with Crippen molar-refractivity contribution < 1.29 is 9.90 Å². The fourth-order valence-electron chi connectivity index (χ4n) is 1.42. The number of hydrogen-bond donors (Lipinski definition) is 2. The molecule has 0 saturated carbocycles. The average Bonchev–Trinajstić information content (AvgIpc) is 2.30. The molecule has 4 heteroatoms. The van der Waals surface area contributed by atoms with Crippen molar-refractivity contribution in [2.24, 2.45) is 0 Å². The number of nitrogens with zero attached hydrogens (tertiary/aromatic N) is 1. The number of hydrogen-bond acceptors (Lipinski definition) is 3. The first kappa shape index (κ1) is 10.2. The molecule has 0 atom stereocenters. The molecule has 0 aliphatic carbocycles. The van der Waals surface area contributed by atoms with Gasteiger partial charge in [-0.15, -0.1) is 0 Å². The van der Waals surface area contributed by atoms with Crippen molar-refractivity contribution in [3.8, 4) is 11.3 Å². The standard InChI is InChI=1S/C12H10N2O2/c13-10-7-14-11(6-9(10)12(15)16)8-4-2-1-3-5-8/h1-7H,13H2,(H,15,16). The molecule has 2 rings (SSSR count). The summed E-state index contributed by atoms with van der Waals surface area (Å²) in [5.74, 6) is -1.04. The predicted molar refractivity (Wildman–Crippen MR) is 61.0 cm³/mol. The van der Waals surface area contributed by atoms with E-state index in [2.05, 4.69) is 4.98 Å². The Bertz CT molecular complexity index is 524. The molecule has 0 fully saturated rings. The molecular weight excluding hydrogens is 204 g/mol. The van der Waals surface area contributed by atoms with E-state index in [1.165, 1.54) is 12.3 Å². The van der Waals surface area contributed by atoms with Gasteiger partial charge in [-0.05, 0) is 6.07 Å². The Morgan fingerprint density at radius 2 is 1.94 bits per heavy atom. The number of aromatic nitrogens is 1. The number of carbonyl (C=O) groups is 1. The molecule has 0 amide bonds. The lowest BCUT2D eigenvalue weighted by atomic mass is 10.1. The summed E-state index contributed by atoms with van der Waals surface area (Å²) in [6.07, 6.45) is 1.37. The molecule has 0 radical (unpaired) electrons. The van der Waals surface area contributed by atoms with Crippen LogP contribution in [-0.2, 0) is 0 Å². The lowest BCUT2D eigenvalue weighted by molar-refractivity contribution is 0.0698. The predicted octanol–water partition coefficient (Wildman–Crippen LogP) is 2.03.